The molecule has 0 aliphatic carbocycles. The molecule has 0 fully saturated rings. The van der Waals surface area contributed by atoms with Gasteiger partial charge in [-0.1, -0.05) is 0 Å². The molecule has 0 radical (unpaired) electrons. The lowest BCUT2D eigenvalue weighted by Crippen LogP contribution is -2.31. The third kappa shape index (κ3) is 4.42. The molecule has 0 saturated carbocycles. The molecular weight excluding hydrogens is 236 g/mol. The summed E-state index contributed by atoms with van der Waals surface area (Å²) in [6, 6.07) is 4.62. The third-order valence-electron chi connectivity index (χ3n) is 2.16. The molecule has 0 saturated heterocycles. The highest BCUT2D eigenvalue weighted by Crippen LogP contribution is 2.21. The average Bonchev–Trinajstić information content (AvgIpc) is 2.37. The number of carbonyl (C=O) groups excluding carboxylic acids is 2. The van der Waals surface area contributed by atoms with Gasteiger partial charge in [-0.2, -0.15) is 0 Å². The maximum absolute atomic E-state index is 11.3. The number of hydrogen-bond acceptors (Lipinski definition) is 5. The minimum atomic E-state index is -0.258. The van der Waals surface area contributed by atoms with Crippen molar-refractivity contribution in [3.63, 3.8) is 0 Å². The van der Waals surface area contributed by atoms with Gasteiger partial charge in [0.2, 0.25) is 0 Å². The summed E-state index contributed by atoms with van der Waals surface area (Å²) in [6.07, 6.45) is 0.692. The highest BCUT2D eigenvalue weighted by atomic mass is 16.5. The van der Waals surface area contributed by atoms with Crippen LogP contribution in [0, 0.1) is 0 Å². The Morgan fingerprint density at radius 1 is 1.50 bits per heavy atom. The zero-order chi connectivity index (χ0) is 13.4. The molecule has 0 atom stereocenters. The Labute approximate surface area is 105 Å². The number of rotatable bonds is 7. The Morgan fingerprint density at radius 3 is 2.89 bits per heavy atom. The van der Waals surface area contributed by atoms with Crippen molar-refractivity contribution in [2.24, 2.45) is 0 Å². The molecule has 6 nitrogen and oxygen atoms in total. The third-order valence-corrected chi connectivity index (χ3v) is 2.16. The summed E-state index contributed by atoms with van der Waals surface area (Å²) in [6.45, 7) is 0.745. The normalized spacial score (nSPS) is 9.83. The van der Waals surface area contributed by atoms with E-state index in [9.17, 15) is 9.59 Å². The number of benzene rings is 1. The van der Waals surface area contributed by atoms with Gasteiger partial charge in [0.1, 0.15) is 12.0 Å². The minimum Gasteiger partial charge on any atom is -0.482 e. The largest absolute Gasteiger partial charge is 0.482 e. The van der Waals surface area contributed by atoms with Gasteiger partial charge in [-0.15, -0.1) is 0 Å². The number of nitrogen functional groups attached to an aromatic ring is 1. The maximum atomic E-state index is 11.3. The standard InChI is InChI=1S/C12H16N2O4/c1-17-5-4-14-12(16)8-18-11-3-2-9(7-15)6-10(11)13/h2-3,6-7H,4-5,8,13H2,1H3,(H,14,16). The molecule has 1 aromatic rings. The van der Waals surface area contributed by atoms with Crippen molar-refractivity contribution in [1.29, 1.82) is 0 Å². The van der Waals surface area contributed by atoms with E-state index >= 15 is 0 Å². The van der Waals surface area contributed by atoms with Gasteiger partial charge in [0.25, 0.3) is 5.91 Å². The summed E-state index contributed by atoms with van der Waals surface area (Å²) in [5, 5.41) is 2.61. The van der Waals surface area contributed by atoms with Crippen LogP contribution in [0.4, 0.5) is 5.69 Å². The van der Waals surface area contributed by atoms with Gasteiger partial charge in [-0.05, 0) is 18.2 Å². The first kappa shape index (κ1) is 14.0. The quantitative estimate of drug-likeness (QED) is 0.411. The number of aldehydes is 1. The Bertz CT molecular complexity index is 421. The second-order valence-corrected chi connectivity index (χ2v) is 3.55. The number of nitrogens with one attached hydrogen (secondary N) is 1. The maximum Gasteiger partial charge on any atom is 0.258 e. The summed E-state index contributed by atoms with van der Waals surface area (Å²) in [4.78, 5) is 21.8. The Hall–Kier alpha value is -2.08. The summed E-state index contributed by atoms with van der Waals surface area (Å²) < 4.78 is 10.0. The Kier molecular flexibility index (Phi) is 5.66. The zero-order valence-corrected chi connectivity index (χ0v) is 10.1. The molecule has 0 spiro atoms. The van der Waals surface area contributed by atoms with Gasteiger partial charge in [0, 0.05) is 19.2 Å². The SMILES string of the molecule is COCCNC(=O)COc1ccc(C=O)cc1N. The number of carbonyl (C=O) groups is 2. The predicted molar refractivity (Wildman–Crippen MR) is 66.6 cm³/mol. The summed E-state index contributed by atoms with van der Waals surface area (Å²) in [7, 11) is 1.55. The van der Waals surface area contributed by atoms with Gasteiger partial charge in [-0.25, -0.2) is 0 Å². The molecule has 0 unspecified atom stereocenters. The number of methoxy groups -OCH3 is 1. The molecule has 1 aromatic carbocycles. The van der Waals surface area contributed by atoms with Crippen LogP contribution in [0.25, 0.3) is 0 Å². The Balaban J connectivity index is 2.43. The van der Waals surface area contributed by atoms with Crippen LogP contribution < -0.4 is 15.8 Å². The van der Waals surface area contributed by atoms with Crippen molar-refractivity contribution >= 4 is 17.9 Å². The van der Waals surface area contributed by atoms with Crippen molar-refractivity contribution in [3.05, 3.63) is 23.8 Å². The molecule has 0 bridgehead atoms. The molecule has 0 aromatic heterocycles. The molecule has 98 valence electrons. The molecule has 0 heterocycles. The molecule has 0 aliphatic rings. The van der Waals surface area contributed by atoms with E-state index in [1.807, 2.05) is 0 Å². The van der Waals surface area contributed by atoms with E-state index in [1.54, 1.807) is 19.2 Å². The molecular formula is C12H16N2O4. The molecule has 1 amide bonds. The number of hydrogen-bond donors (Lipinski definition) is 2. The van der Waals surface area contributed by atoms with E-state index < -0.39 is 0 Å². The van der Waals surface area contributed by atoms with Crippen molar-refractivity contribution in [3.8, 4) is 5.75 Å². The van der Waals surface area contributed by atoms with Gasteiger partial charge < -0.3 is 20.5 Å². The molecule has 18 heavy (non-hydrogen) atoms. The summed E-state index contributed by atoms with van der Waals surface area (Å²) >= 11 is 0. The monoisotopic (exact) mass is 252 g/mol. The fourth-order valence-corrected chi connectivity index (χ4v) is 1.26. The lowest BCUT2D eigenvalue weighted by Gasteiger charge is -2.09. The van der Waals surface area contributed by atoms with Gasteiger partial charge in [-0.3, -0.25) is 9.59 Å². The summed E-state index contributed by atoms with van der Waals surface area (Å²) in [5.41, 5.74) is 6.46. The first-order valence-electron chi connectivity index (χ1n) is 5.40. The van der Waals surface area contributed by atoms with Crippen LogP contribution in [0.15, 0.2) is 18.2 Å². The van der Waals surface area contributed by atoms with Crippen molar-refractivity contribution < 1.29 is 19.1 Å². The first-order valence-corrected chi connectivity index (χ1v) is 5.40. The molecule has 1 rings (SSSR count). The van der Waals surface area contributed by atoms with Crippen LogP contribution in [0.5, 0.6) is 5.75 Å². The molecule has 6 heteroatoms. The topological polar surface area (TPSA) is 90.6 Å². The molecule has 0 aliphatic heterocycles. The van der Waals surface area contributed by atoms with E-state index in [-0.39, 0.29) is 12.5 Å². The van der Waals surface area contributed by atoms with E-state index in [0.29, 0.717) is 36.4 Å². The summed E-state index contributed by atoms with van der Waals surface area (Å²) in [5.74, 6) is 0.119. The lowest BCUT2D eigenvalue weighted by atomic mass is 10.2. The first-order chi connectivity index (χ1) is 8.67. The van der Waals surface area contributed by atoms with E-state index in [0.717, 1.165) is 0 Å². The fraction of sp³-hybridized carbons (Fsp3) is 0.333. The van der Waals surface area contributed by atoms with Crippen molar-refractivity contribution in [2.45, 2.75) is 0 Å². The number of amides is 1. The highest BCUT2D eigenvalue weighted by molar-refractivity contribution is 5.79. The van der Waals surface area contributed by atoms with Gasteiger partial charge in [0.15, 0.2) is 6.61 Å². The van der Waals surface area contributed by atoms with Crippen LogP contribution >= 0.6 is 0 Å². The van der Waals surface area contributed by atoms with Crippen LogP contribution in [-0.4, -0.2) is 39.1 Å². The lowest BCUT2D eigenvalue weighted by molar-refractivity contribution is -0.123. The van der Waals surface area contributed by atoms with Crippen molar-refractivity contribution in [1.82, 2.24) is 5.32 Å². The minimum absolute atomic E-state index is 0.131. The number of anilines is 1. The molecule has 3 N–H and O–H groups in total. The fourth-order valence-electron chi connectivity index (χ4n) is 1.26. The van der Waals surface area contributed by atoms with Crippen LogP contribution in [0.2, 0.25) is 0 Å². The second-order valence-electron chi connectivity index (χ2n) is 3.55. The van der Waals surface area contributed by atoms with E-state index in [4.69, 9.17) is 15.2 Å². The highest BCUT2D eigenvalue weighted by Gasteiger charge is 2.05. The van der Waals surface area contributed by atoms with E-state index in [1.165, 1.54) is 6.07 Å². The number of nitrogens with two attached hydrogens (primary N) is 1. The van der Waals surface area contributed by atoms with E-state index in [2.05, 4.69) is 5.32 Å². The van der Waals surface area contributed by atoms with Crippen LogP contribution in [-0.2, 0) is 9.53 Å². The second kappa shape index (κ2) is 7.29. The van der Waals surface area contributed by atoms with Crippen LogP contribution in [0.1, 0.15) is 10.4 Å². The smallest absolute Gasteiger partial charge is 0.258 e. The predicted octanol–water partition coefficient (Wildman–Crippen LogP) is 0.223. The zero-order valence-electron chi connectivity index (χ0n) is 10.1. The average molecular weight is 252 g/mol. The van der Waals surface area contributed by atoms with Crippen LogP contribution in [0.3, 0.4) is 0 Å². The van der Waals surface area contributed by atoms with Crippen molar-refractivity contribution in [2.75, 3.05) is 32.6 Å². The number of ether oxygens (including phenoxy) is 2. The Morgan fingerprint density at radius 2 is 2.28 bits per heavy atom. The van der Waals surface area contributed by atoms with Gasteiger partial charge >= 0.3 is 0 Å². The van der Waals surface area contributed by atoms with Gasteiger partial charge in [0.05, 0.1) is 12.3 Å².